The van der Waals surface area contributed by atoms with E-state index >= 15 is 0 Å². The van der Waals surface area contributed by atoms with Gasteiger partial charge in [0.25, 0.3) is 5.91 Å². The van der Waals surface area contributed by atoms with E-state index in [1.54, 1.807) is 29.2 Å². The van der Waals surface area contributed by atoms with Crippen LogP contribution in [0.25, 0.3) is 0 Å². The van der Waals surface area contributed by atoms with Crippen LogP contribution in [0.15, 0.2) is 54.6 Å². The molecule has 1 fully saturated rings. The normalized spacial score (nSPS) is 15.6. The largest absolute Gasteiger partial charge is 0.339 e. The average molecular weight is 371 g/mol. The molecule has 4 nitrogen and oxygen atoms in total. The molecule has 0 saturated carbocycles. The van der Waals surface area contributed by atoms with Gasteiger partial charge in [-0.25, -0.2) is 0 Å². The first-order valence-corrected chi connectivity index (χ1v) is 9.36. The van der Waals surface area contributed by atoms with Gasteiger partial charge in [0.1, 0.15) is 0 Å². The van der Waals surface area contributed by atoms with Crippen LogP contribution >= 0.6 is 11.6 Å². The van der Waals surface area contributed by atoms with Crippen LogP contribution in [0, 0.1) is 0 Å². The van der Waals surface area contributed by atoms with E-state index in [0.717, 1.165) is 12.0 Å². The van der Waals surface area contributed by atoms with Crippen molar-refractivity contribution in [3.05, 3.63) is 70.7 Å². The number of rotatable bonds is 4. The molecule has 3 rings (SSSR count). The first-order chi connectivity index (χ1) is 12.6. The highest BCUT2D eigenvalue weighted by atomic mass is 35.5. The van der Waals surface area contributed by atoms with Crippen molar-refractivity contribution >= 4 is 23.4 Å². The van der Waals surface area contributed by atoms with E-state index in [2.05, 4.69) is 0 Å². The summed E-state index contributed by atoms with van der Waals surface area (Å²) in [4.78, 5) is 29.2. The molecule has 2 amide bonds. The summed E-state index contributed by atoms with van der Waals surface area (Å²) in [5, 5.41) is 0.554. The van der Waals surface area contributed by atoms with E-state index in [0.29, 0.717) is 36.8 Å². The van der Waals surface area contributed by atoms with Gasteiger partial charge in [0, 0.05) is 36.8 Å². The van der Waals surface area contributed by atoms with Crippen LogP contribution in [0.2, 0.25) is 5.02 Å². The maximum absolute atomic E-state index is 12.9. The van der Waals surface area contributed by atoms with Crippen LogP contribution in [-0.4, -0.2) is 47.8 Å². The molecular formula is C21H23ClN2O2. The van der Waals surface area contributed by atoms with Gasteiger partial charge in [-0.05, 0) is 30.2 Å². The smallest absolute Gasteiger partial charge is 0.254 e. The lowest BCUT2D eigenvalue weighted by Crippen LogP contribution is -2.51. The third-order valence-electron chi connectivity index (χ3n) is 4.86. The number of nitrogens with zero attached hydrogens (tertiary/aromatic N) is 2. The number of hydrogen-bond acceptors (Lipinski definition) is 2. The molecule has 1 aliphatic heterocycles. The second-order valence-corrected chi connectivity index (χ2v) is 6.94. The summed E-state index contributed by atoms with van der Waals surface area (Å²) in [5.74, 6) is -0.00497. The molecule has 1 saturated heterocycles. The molecule has 1 atom stereocenters. The molecular weight excluding hydrogens is 348 g/mol. The molecule has 2 aromatic rings. The lowest BCUT2D eigenvalue weighted by molar-refractivity contribution is -0.134. The number of carbonyl (C=O) groups is 2. The van der Waals surface area contributed by atoms with Crippen LogP contribution < -0.4 is 0 Å². The number of amides is 2. The number of piperazine rings is 1. The summed E-state index contributed by atoms with van der Waals surface area (Å²) in [7, 11) is 0. The molecule has 5 heteroatoms. The predicted molar refractivity (Wildman–Crippen MR) is 103 cm³/mol. The van der Waals surface area contributed by atoms with Gasteiger partial charge in [0.05, 0.1) is 5.92 Å². The van der Waals surface area contributed by atoms with Gasteiger partial charge in [-0.1, -0.05) is 54.9 Å². The lowest BCUT2D eigenvalue weighted by atomic mass is 9.95. The summed E-state index contributed by atoms with van der Waals surface area (Å²) in [5.41, 5.74) is 1.64. The van der Waals surface area contributed by atoms with E-state index in [9.17, 15) is 9.59 Å². The first-order valence-electron chi connectivity index (χ1n) is 8.98. The van der Waals surface area contributed by atoms with Gasteiger partial charge in [0.15, 0.2) is 0 Å². The van der Waals surface area contributed by atoms with Crippen LogP contribution in [0.5, 0.6) is 0 Å². The van der Waals surface area contributed by atoms with E-state index in [1.165, 1.54) is 0 Å². The molecule has 1 unspecified atom stereocenters. The zero-order valence-corrected chi connectivity index (χ0v) is 15.7. The Kier molecular flexibility index (Phi) is 5.94. The minimum atomic E-state index is -0.119. The second kappa shape index (κ2) is 8.37. The second-order valence-electron chi connectivity index (χ2n) is 6.50. The highest BCUT2D eigenvalue weighted by molar-refractivity contribution is 6.30. The summed E-state index contributed by atoms with van der Waals surface area (Å²) < 4.78 is 0. The Balaban J connectivity index is 1.62. The quantitative estimate of drug-likeness (QED) is 0.820. The Morgan fingerprint density at radius 3 is 2.23 bits per heavy atom. The van der Waals surface area contributed by atoms with Crippen molar-refractivity contribution in [1.82, 2.24) is 9.80 Å². The van der Waals surface area contributed by atoms with Crippen molar-refractivity contribution in [3.63, 3.8) is 0 Å². The third kappa shape index (κ3) is 4.07. The van der Waals surface area contributed by atoms with Crippen molar-refractivity contribution < 1.29 is 9.59 Å². The van der Waals surface area contributed by atoms with Crippen molar-refractivity contribution in [3.8, 4) is 0 Å². The fourth-order valence-electron chi connectivity index (χ4n) is 3.39. The molecule has 26 heavy (non-hydrogen) atoms. The number of benzene rings is 2. The number of carbonyl (C=O) groups excluding carboxylic acids is 2. The van der Waals surface area contributed by atoms with Crippen LogP contribution in [-0.2, 0) is 4.79 Å². The molecule has 0 aromatic heterocycles. The topological polar surface area (TPSA) is 40.6 Å². The Bertz CT molecular complexity index is 771. The van der Waals surface area contributed by atoms with Gasteiger partial charge in [-0.2, -0.15) is 0 Å². The minimum absolute atomic E-state index is 0.0327. The maximum Gasteiger partial charge on any atom is 0.254 e. The fourth-order valence-corrected chi connectivity index (χ4v) is 3.58. The van der Waals surface area contributed by atoms with Gasteiger partial charge < -0.3 is 9.80 Å². The average Bonchev–Trinajstić information content (AvgIpc) is 2.69. The molecule has 2 aromatic carbocycles. The zero-order valence-electron chi connectivity index (χ0n) is 14.9. The minimum Gasteiger partial charge on any atom is -0.339 e. The Morgan fingerprint density at radius 2 is 1.62 bits per heavy atom. The Morgan fingerprint density at radius 1 is 0.962 bits per heavy atom. The van der Waals surface area contributed by atoms with E-state index < -0.39 is 0 Å². The Hall–Kier alpha value is -2.33. The molecule has 1 heterocycles. The molecule has 0 spiro atoms. The van der Waals surface area contributed by atoms with Gasteiger partial charge in [0.2, 0.25) is 5.91 Å². The molecule has 0 aliphatic carbocycles. The SMILES string of the molecule is CCC(C(=O)N1CCN(C(=O)c2cccc(Cl)c2)CC1)c1ccccc1. The highest BCUT2D eigenvalue weighted by Crippen LogP contribution is 2.23. The fraction of sp³-hybridized carbons (Fsp3) is 0.333. The van der Waals surface area contributed by atoms with Crippen LogP contribution in [0.1, 0.15) is 35.2 Å². The van der Waals surface area contributed by atoms with Crippen molar-refractivity contribution in [2.45, 2.75) is 19.3 Å². The Labute approximate surface area is 159 Å². The molecule has 1 aliphatic rings. The monoisotopic (exact) mass is 370 g/mol. The van der Waals surface area contributed by atoms with Crippen LogP contribution in [0.4, 0.5) is 0 Å². The lowest BCUT2D eigenvalue weighted by Gasteiger charge is -2.36. The maximum atomic E-state index is 12.9. The summed E-state index contributed by atoms with van der Waals surface area (Å²) in [6.45, 7) is 4.25. The van der Waals surface area contributed by atoms with Crippen molar-refractivity contribution in [2.75, 3.05) is 26.2 Å². The van der Waals surface area contributed by atoms with Crippen molar-refractivity contribution in [1.29, 1.82) is 0 Å². The number of hydrogen-bond donors (Lipinski definition) is 0. The molecule has 136 valence electrons. The summed E-state index contributed by atoms with van der Waals surface area (Å²) >= 11 is 5.98. The van der Waals surface area contributed by atoms with E-state index in [1.807, 2.05) is 42.2 Å². The summed E-state index contributed by atoms with van der Waals surface area (Å²) in [6, 6.07) is 16.9. The first kappa shape index (κ1) is 18.5. The van der Waals surface area contributed by atoms with Gasteiger partial charge >= 0.3 is 0 Å². The molecule has 0 bridgehead atoms. The summed E-state index contributed by atoms with van der Waals surface area (Å²) in [6.07, 6.45) is 0.768. The van der Waals surface area contributed by atoms with E-state index in [-0.39, 0.29) is 17.7 Å². The highest BCUT2D eigenvalue weighted by Gasteiger charge is 2.29. The molecule has 0 radical (unpaired) electrons. The standard InChI is InChI=1S/C21H23ClN2O2/c1-2-19(16-7-4-3-5-8-16)21(26)24-13-11-23(12-14-24)20(25)17-9-6-10-18(22)15-17/h3-10,15,19H,2,11-14H2,1H3. The molecule has 0 N–H and O–H groups in total. The number of halogens is 1. The predicted octanol–water partition coefficient (Wildman–Crippen LogP) is 3.82. The van der Waals surface area contributed by atoms with Crippen LogP contribution in [0.3, 0.4) is 0 Å². The van der Waals surface area contributed by atoms with Gasteiger partial charge in [-0.15, -0.1) is 0 Å². The zero-order chi connectivity index (χ0) is 18.5. The van der Waals surface area contributed by atoms with Crippen molar-refractivity contribution in [2.24, 2.45) is 0 Å². The van der Waals surface area contributed by atoms with Gasteiger partial charge in [-0.3, -0.25) is 9.59 Å². The third-order valence-corrected chi connectivity index (χ3v) is 5.09. The van der Waals surface area contributed by atoms with E-state index in [4.69, 9.17) is 11.6 Å².